The monoisotopic (exact) mass is 186 g/mol. The highest BCUT2D eigenvalue weighted by Crippen LogP contribution is 2.13. The molecule has 0 saturated carbocycles. The summed E-state index contributed by atoms with van der Waals surface area (Å²) in [6.07, 6.45) is 0. The first kappa shape index (κ1) is 11.4. The quantitative estimate of drug-likeness (QED) is 0.733. The van der Waals surface area contributed by atoms with Gasteiger partial charge in [0.1, 0.15) is 0 Å². The van der Waals surface area contributed by atoms with Crippen LogP contribution >= 0.6 is 12.4 Å². The van der Waals surface area contributed by atoms with Crippen LogP contribution in [0.3, 0.4) is 0 Å². The van der Waals surface area contributed by atoms with Gasteiger partial charge in [-0.3, -0.25) is 0 Å². The zero-order valence-corrected chi connectivity index (χ0v) is 7.97. The summed E-state index contributed by atoms with van der Waals surface area (Å²) in [7, 11) is 0. The molecule has 0 unspecified atom stereocenters. The van der Waals surface area contributed by atoms with Crippen LogP contribution in [0, 0.1) is 6.92 Å². The molecule has 1 aromatic rings. The van der Waals surface area contributed by atoms with E-state index < -0.39 is 0 Å². The van der Waals surface area contributed by atoms with E-state index in [1.807, 2.05) is 31.2 Å². The van der Waals surface area contributed by atoms with Gasteiger partial charge in [-0.25, -0.2) is 0 Å². The summed E-state index contributed by atoms with van der Waals surface area (Å²) in [5, 5.41) is 0. The maximum atomic E-state index is 5.77. The average molecular weight is 187 g/mol. The van der Waals surface area contributed by atoms with Crippen LogP contribution in [-0.4, -0.2) is 6.54 Å². The molecule has 0 aromatic heterocycles. The number of hydrogen-bond donors (Lipinski definition) is 2. The van der Waals surface area contributed by atoms with Gasteiger partial charge >= 0.3 is 0 Å². The molecule has 0 heterocycles. The zero-order chi connectivity index (χ0) is 8.27. The number of benzene rings is 1. The molecule has 0 bridgehead atoms. The van der Waals surface area contributed by atoms with Crippen LogP contribution in [0.4, 0.5) is 0 Å². The Kier molecular flexibility index (Phi) is 4.90. The Bertz CT molecular complexity index is 238. The highest BCUT2D eigenvalue weighted by Gasteiger charge is 2.04. The average Bonchev–Trinajstić information content (AvgIpc) is 2.04. The molecular weight excluding hydrogens is 172 g/mol. The Morgan fingerprint density at radius 3 is 2.42 bits per heavy atom. The molecule has 68 valence electrons. The van der Waals surface area contributed by atoms with Gasteiger partial charge in [0.25, 0.3) is 0 Å². The van der Waals surface area contributed by atoms with Crippen LogP contribution in [0.5, 0.6) is 0 Å². The summed E-state index contributed by atoms with van der Waals surface area (Å²) < 4.78 is 0. The second kappa shape index (κ2) is 5.14. The van der Waals surface area contributed by atoms with Crippen molar-refractivity contribution in [2.75, 3.05) is 6.54 Å². The van der Waals surface area contributed by atoms with Gasteiger partial charge in [0.2, 0.25) is 0 Å². The molecule has 0 radical (unpaired) electrons. The fourth-order valence-corrected chi connectivity index (χ4v) is 1.13. The van der Waals surface area contributed by atoms with Crippen molar-refractivity contribution in [2.45, 2.75) is 13.0 Å². The van der Waals surface area contributed by atoms with Gasteiger partial charge in [0.05, 0.1) is 0 Å². The Hall–Kier alpha value is -0.570. The summed E-state index contributed by atoms with van der Waals surface area (Å²) in [4.78, 5) is 0. The number of rotatable bonds is 2. The second-order valence-electron chi connectivity index (χ2n) is 2.70. The maximum absolute atomic E-state index is 5.77. The number of aryl methyl sites for hydroxylation is 1. The maximum Gasteiger partial charge on any atom is 0.0422 e. The summed E-state index contributed by atoms with van der Waals surface area (Å²) in [6.45, 7) is 2.55. The van der Waals surface area contributed by atoms with Crippen LogP contribution in [0.25, 0.3) is 0 Å². The number of hydrogen-bond acceptors (Lipinski definition) is 2. The van der Waals surface area contributed by atoms with Crippen LogP contribution in [0.1, 0.15) is 17.2 Å². The molecule has 0 fully saturated rings. The second-order valence-corrected chi connectivity index (χ2v) is 2.70. The van der Waals surface area contributed by atoms with E-state index in [1.54, 1.807) is 0 Å². The van der Waals surface area contributed by atoms with Crippen molar-refractivity contribution in [1.29, 1.82) is 0 Å². The zero-order valence-electron chi connectivity index (χ0n) is 7.16. The molecule has 0 aliphatic heterocycles. The molecule has 2 nitrogen and oxygen atoms in total. The summed E-state index contributed by atoms with van der Waals surface area (Å²) >= 11 is 0. The molecule has 4 N–H and O–H groups in total. The predicted octanol–water partition coefficient (Wildman–Crippen LogP) is 1.38. The molecule has 12 heavy (non-hydrogen) atoms. The first-order valence-electron chi connectivity index (χ1n) is 3.77. The van der Waals surface area contributed by atoms with E-state index in [9.17, 15) is 0 Å². The van der Waals surface area contributed by atoms with Gasteiger partial charge in [-0.2, -0.15) is 0 Å². The fraction of sp³-hybridized carbons (Fsp3) is 0.333. The molecule has 1 rings (SSSR count). The largest absolute Gasteiger partial charge is 0.329 e. The Labute approximate surface area is 79.4 Å². The van der Waals surface area contributed by atoms with E-state index in [1.165, 1.54) is 5.56 Å². The Morgan fingerprint density at radius 2 is 1.92 bits per heavy atom. The SMILES string of the molecule is Cc1ccccc1[C@H](N)CN.Cl. The van der Waals surface area contributed by atoms with E-state index in [2.05, 4.69) is 0 Å². The normalized spacial score (nSPS) is 11.9. The topological polar surface area (TPSA) is 52.0 Å². The van der Waals surface area contributed by atoms with E-state index in [4.69, 9.17) is 11.5 Å². The molecule has 0 spiro atoms. The minimum atomic E-state index is -0.0174. The van der Waals surface area contributed by atoms with E-state index >= 15 is 0 Å². The lowest BCUT2D eigenvalue weighted by Crippen LogP contribution is -2.21. The minimum absolute atomic E-state index is 0. The van der Waals surface area contributed by atoms with E-state index in [-0.39, 0.29) is 18.4 Å². The van der Waals surface area contributed by atoms with Gasteiger partial charge in [-0.1, -0.05) is 24.3 Å². The van der Waals surface area contributed by atoms with Crippen molar-refractivity contribution < 1.29 is 0 Å². The lowest BCUT2D eigenvalue weighted by atomic mass is 10.0. The van der Waals surface area contributed by atoms with Gasteiger partial charge in [0, 0.05) is 12.6 Å². The molecule has 1 atom stereocenters. The fourth-order valence-electron chi connectivity index (χ4n) is 1.13. The lowest BCUT2D eigenvalue weighted by Gasteiger charge is -2.11. The summed E-state index contributed by atoms with van der Waals surface area (Å²) in [5.41, 5.74) is 13.6. The van der Waals surface area contributed by atoms with Gasteiger partial charge < -0.3 is 11.5 Å². The minimum Gasteiger partial charge on any atom is -0.329 e. The van der Waals surface area contributed by atoms with Gasteiger partial charge in [0.15, 0.2) is 0 Å². The van der Waals surface area contributed by atoms with Crippen LogP contribution in [-0.2, 0) is 0 Å². The number of nitrogens with two attached hydrogens (primary N) is 2. The van der Waals surface area contributed by atoms with E-state index in [0.29, 0.717) is 6.54 Å². The Morgan fingerprint density at radius 1 is 1.33 bits per heavy atom. The highest BCUT2D eigenvalue weighted by molar-refractivity contribution is 5.85. The molecule has 1 aromatic carbocycles. The predicted molar refractivity (Wildman–Crippen MR) is 54.4 cm³/mol. The van der Waals surface area contributed by atoms with Gasteiger partial charge in [-0.05, 0) is 18.1 Å². The Balaban J connectivity index is 0.00000121. The summed E-state index contributed by atoms with van der Waals surface area (Å²) in [6, 6.07) is 8.04. The highest BCUT2D eigenvalue weighted by atomic mass is 35.5. The number of halogens is 1. The van der Waals surface area contributed by atoms with Gasteiger partial charge in [-0.15, -0.1) is 12.4 Å². The molecular formula is C9H15ClN2. The van der Waals surface area contributed by atoms with Crippen molar-refractivity contribution in [1.82, 2.24) is 0 Å². The first-order chi connectivity index (χ1) is 5.25. The standard InChI is InChI=1S/C9H14N2.ClH/c1-7-4-2-3-5-8(7)9(11)6-10;/h2-5,9H,6,10-11H2,1H3;1H/t9-;/m1./s1. The van der Waals surface area contributed by atoms with Crippen molar-refractivity contribution in [3.05, 3.63) is 35.4 Å². The smallest absolute Gasteiger partial charge is 0.0422 e. The molecule has 0 aliphatic rings. The third-order valence-corrected chi connectivity index (χ3v) is 1.84. The van der Waals surface area contributed by atoms with Crippen LogP contribution < -0.4 is 11.5 Å². The lowest BCUT2D eigenvalue weighted by molar-refractivity contribution is 0.732. The van der Waals surface area contributed by atoms with Crippen LogP contribution in [0.2, 0.25) is 0 Å². The first-order valence-corrected chi connectivity index (χ1v) is 3.77. The third-order valence-electron chi connectivity index (χ3n) is 1.84. The van der Waals surface area contributed by atoms with Crippen LogP contribution in [0.15, 0.2) is 24.3 Å². The third kappa shape index (κ3) is 2.48. The van der Waals surface area contributed by atoms with Crippen molar-refractivity contribution in [3.8, 4) is 0 Å². The van der Waals surface area contributed by atoms with Crippen molar-refractivity contribution >= 4 is 12.4 Å². The van der Waals surface area contributed by atoms with E-state index in [0.717, 1.165) is 5.56 Å². The summed E-state index contributed by atoms with van der Waals surface area (Å²) in [5.74, 6) is 0. The molecule has 0 saturated heterocycles. The molecule has 0 amide bonds. The molecule has 3 heteroatoms. The molecule has 0 aliphatic carbocycles. The van der Waals surface area contributed by atoms with Crippen molar-refractivity contribution in [3.63, 3.8) is 0 Å². The van der Waals surface area contributed by atoms with Crippen molar-refractivity contribution in [2.24, 2.45) is 11.5 Å².